The molecule has 25 heavy (non-hydrogen) atoms. The van der Waals surface area contributed by atoms with E-state index in [1.807, 2.05) is 12.1 Å². The van der Waals surface area contributed by atoms with E-state index in [0.717, 1.165) is 57.0 Å². The summed E-state index contributed by atoms with van der Waals surface area (Å²) in [5.74, 6) is 1.78. The number of nitrogens with one attached hydrogen (secondary N) is 2. The second-order valence-electron chi connectivity index (χ2n) is 6.87. The van der Waals surface area contributed by atoms with Gasteiger partial charge in [0.05, 0.1) is 12.9 Å². The number of guanidine groups is 1. The van der Waals surface area contributed by atoms with E-state index in [1.165, 1.54) is 19.3 Å². The van der Waals surface area contributed by atoms with Crippen molar-refractivity contribution in [2.24, 2.45) is 10.4 Å². The molecule has 1 heterocycles. The van der Waals surface area contributed by atoms with E-state index < -0.39 is 0 Å². The second-order valence-corrected chi connectivity index (χ2v) is 6.87. The molecule has 0 atom stereocenters. The van der Waals surface area contributed by atoms with Gasteiger partial charge in [-0.15, -0.1) is 0 Å². The first kappa shape index (κ1) is 19.8. The molecule has 0 saturated heterocycles. The number of ether oxygens (including phenoxy) is 1. The van der Waals surface area contributed by atoms with E-state index in [-0.39, 0.29) is 12.0 Å². The third-order valence-corrected chi connectivity index (χ3v) is 4.97. The molecule has 1 fully saturated rings. The van der Waals surface area contributed by atoms with Crippen LogP contribution in [0.4, 0.5) is 0 Å². The van der Waals surface area contributed by atoms with Crippen molar-refractivity contribution in [2.75, 3.05) is 40.0 Å². The summed E-state index contributed by atoms with van der Waals surface area (Å²) < 4.78 is 10.5. The first-order valence-electron chi connectivity index (χ1n) is 9.42. The van der Waals surface area contributed by atoms with Gasteiger partial charge >= 0.3 is 0 Å². The molecular weight excluding hydrogens is 318 g/mol. The standard InChI is InChI=1S/C19H33N3O3/c1-24-15-12-21-18(20-11-7-17-6-5-14-25-17)22-16-19(10-13-23)8-3-2-4-9-19/h5-6,14,23H,2-4,7-13,15-16H2,1H3,(H2,20,21,22). The molecule has 0 amide bonds. The Bertz CT molecular complexity index is 477. The zero-order valence-corrected chi connectivity index (χ0v) is 15.4. The van der Waals surface area contributed by atoms with E-state index in [4.69, 9.17) is 14.1 Å². The molecule has 1 aromatic rings. The summed E-state index contributed by atoms with van der Waals surface area (Å²) in [6.07, 6.45) is 9.47. The largest absolute Gasteiger partial charge is 0.469 e. The third-order valence-electron chi connectivity index (χ3n) is 4.97. The Labute approximate surface area is 151 Å². The Kier molecular flexibility index (Phi) is 8.83. The number of hydrogen-bond donors (Lipinski definition) is 3. The molecule has 0 radical (unpaired) electrons. The molecule has 1 aromatic heterocycles. The van der Waals surface area contributed by atoms with Crippen molar-refractivity contribution in [3.63, 3.8) is 0 Å². The van der Waals surface area contributed by atoms with Crippen LogP contribution in [0.3, 0.4) is 0 Å². The SMILES string of the molecule is COCCNC(=NCC1(CCO)CCCCC1)NCCc1ccco1. The molecule has 1 saturated carbocycles. The van der Waals surface area contributed by atoms with Gasteiger partial charge in [0.2, 0.25) is 0 Å². The van der Waals surface area contributed by atoms with Crippen molar-refractivity contribution in [3.05, 3.63) is 24.2 Å². The lowest BCUT2D eigenvalue weighted by atomic mass is 9.72. The van der Waals surface area contributed by atoms with Crippen molar-refractivity contribution in [2.45, 2.75) is 44.9 Å². The van der Waals surface area contributed by atoms with Crippen molar-refractivity contribution in [1.29, 1.82) is 0 Å². The molecule has 0 bridgehead atoms. The van der Waals surface area contributed by atoms with Gasteiger partial charge in [0, 0.05) is 39.8 Å². The molecule has 1 aliphatic rings. The average Bonchev–Trinajstić information content (AvgIpc) is 3.14. The molecule has 0 aromatic carbocycles. The number of aliphatic imine (C=N–C) groups is 1. The highest BCUT2D eigenvalue weighted by Crippen LogP contribution is 2.39. The highest BCUT2D eigenvalue weighted by molar-refractivity contribution is 5.79. The van der Waals surface area contributed by atoms with Crippen molar-refractivity contribution >= 4 is 5.96 Å². The first-order chi connectivity index (χ1) is 12.3. The number of rotatable bonds is 10. The predicted octanol–water partition coefficient (Wildman–Crippen LogP) is 2.34. The van der Waals surface area contributed by atoms with Gasteiger partial charge in [0.1, 0.15) is 5.76 Å². The average molecular weight is 351 g/mol. The van der Waals surface area contributed by atoms with Crippen LogP contribution in [0.2, 0.25) is 0 Å². The van der Waals surface area contributed by atoms with Crippen LogP contribution in [0.1, 0.15) is 44.3 Å². The summed E-state index contributed by atoms with van der Waals surface area (Å²) in [6, 6.07) is 3.89. The first-order valence-corrected chi connectivity index (χ1v) is 9.42. The second kappa shape index (κ2) is 11.2. The van der Waals surface area contributed by atoms with Gasteiger partial charge in [0.15, 0.2) is 5.96 Å². The topological polar surface area (TPSA) is 79.0 Å². The minimum absolute atomic E-state index is 0.157. The van der Waals surface area contributed by atoms with Gasteiger partial charge in [-0.3, -0.25) is 4.99 Å². The minimum atomic E-state index is 0.157. The predicted molar refractivity (Wildman–Crippen MR) is 99.8 cm³/mol. The van der Waals surface area contributed by atoms with E-state index in [1.54, 1.807) is 13.4 Å². The van der Waals surface area contributed by atoms with Crippen molar-refractivity contribution in [3.8, 4) is 0 Å². The Morgan fingerprint density at radius 1 is 1.28 bits per heavy atom. The third kappa shape index (κ3) is 7.08. The number of hydrogen-bond acceptors (Lipinski definition) is 4. The summed E-state index contributed by atoms with van der Waals surface area (Å²) in [5, 5.41) is 16.2. The van der Waals surface area contributed by atoms with Gasteiger partial charge in [-0.1, -0.05) is 19.3 Å². The Morgan fingerprint density at radius 2 is 2.08 bits per heavy atom. The highest BCUT2D eigenvalue weighted by Gasteiger charge is 2.31. The lowest BCUT2D eigenvalue weighted by molar-refractivity contribution is 0.137. The van der Waals surface area contributed by atoms with Crippen LogP contribution in [0.15, 0.2) is 27.8 Å². The fourth-order valence-electron chi connectivity index (χ4n) is 3.48. The van der Waals surface area contributed by atoms with Crippen LogP contribution in [0.5, 0.6) is 0 Å². The fourth-order valence-corrected chi connectivity index (χ4v) is 3.48. The quantitative estimate of drug-likeness (QED) is 0.343. The number of furan rings is 1. The fraction of sp³-hybridized carbons (Fsp3) is 0.737. The normalized spacial score (nSPS) is 17.4. The molecule has 6 heteroatoms. The van der Waals surface area contributed by atoms with Gasteiger partial charge in [0.25, 0.3) is 0 Å². The summed E-state index contributed by atoms with van der Waals surface area (Å²) in [7, 11) is 1.70. The smallest absolute Gasteiger partial charge is 0.191 e. The molecule has 0 aliphatic heterocycles. The van der Waals surface area contributed by atoms with E-state index >= 15 is 0 Å². The van der Waals surface area contributed by atoms with Crippen LogP contribution in [-0.4, -0.2) is 51.0 Å². The zero-order valence-electron chi connectivity index (χ0n) is 15.4. The summed E-state index contributed by atoms with van der Waals surface area (Å²) in [5.41, 5.74) is 0.157. The Hall–Kier alpha value is -1.53. The molecule has 3 N–H and O–H groups in total. The molecule has 0 unspecified atom stereocenters. The number of methoxy groups -OCH3 is 1. The van der Waals surface area contributed by atoms with Gasteiger partial charge in [-0.05, 0) is 36.8 Å². The summed E-state index contributed by atoms with van der Waals surface area (Å²) in [6.45, 7) is 3.13. The van der Waals surface area contributed by atoms with Crippen LogP contribution in [0.25, 0.3) is 0 Å². The molecule has 6 nitrogen and oxygen atoms in total. The number of nitrogens with zero attached hydrogens (tertiary/aromatic N) is 1. The lowest BCUT2D eigenvalue weighted by Crippen LogP contribution is -2.41. The highest BCUT2D eigenvalue weighted by atomic mass is 16.5. The van der Waals surface area contributed by atoms with Crippen molar-refractivity contribution < 1.29 is 14.3 Å². The molecule has 142 valence electrons. The molecule has 0 spiro atoms. The number of aliphatic hydroxyl groups excluding tert-OH is 1. The van der Waals surface area contributed by atoms with Crippen LogP contribution < -0.4 is 10.6 Å². The maximum Gasteiger partial charge on any atom is 0.191 e. The number of aliphatic hydroxyl groups is 1. The Morgan fingerprint density at radius 3 is 2.76 bits per heavy atom. The van der Waals surface area contributed by atoms with Crippen molar-refractivity contribution in [1.82, 2.24) is 10.6 Å². The zero-order chi connectivity index (χ0) is 17.8. The maximum absolute atomic E-state index is 9.46. The van der Waals surface area contributed by atoms with Crippen LogP contribution in [-0.2, 0) is 11.2 Å². The minimum Gasteiger partial charge on any atom is -0.469 e. The van der Waals surface area contributed by atoms with Gasteiger partial charge < -0.3 is 24.9 Å². The molecular formula is C19H33N3O3. The maximum atomic E-state index is 9.46. The van der Waals surface area contributed by atoms with Gasteiger partial charge in [-0.2, -0.15) is 0 Å². The monoisotopic (exact) mass is 351 g/mol. The molecule has 2 rings (SSSR count). The van der Waals surface area contributed by atoms with Crippen LogP contribution >= 0.6 is 0 Å². The summed E-state index contributed by atoms with van der Waals surface area (Å²) in [4.78, 5) is 4.83. The summed E-state index contributed by atoms with van der Waals surface area (Å²) >= 11 is 0. The van der Waals surface area contributed by atoms with E-state index in [2.05, 4.69) is 10.6 Å². The van der Waals surface area contributed by atoms with Crippen LogP contribution in [0, 0.1) is 5.41 Å². The lowest BCUT2D eigenvalue weighted by Gasteiger charge is -2.35. The Balaban J connectivity index is 1.90. The van der Waals surface area contributed by atoms with Gasteiger partial charge in [-0.25, -0.2) is 0 Å². The van der Waals surface area contributed by atoms with E-state index in [0.29, 0.717) is 6.61 Å². The molecule has 1 aliphatic carbocycles. The van der Waals surface area contributed by atoms with E-state index in [9.17, 15) is 5.11 Å².